The Kier molecular flexibility index (Phi) is 5.58. The van der Waals surface area contributed by atoms with Crippen molar-refractivity contribution in [2.75, 3.05) is 51.2 Å². The molecule has 1 atom stereocenters. The van der Waals surface area contributed by atoms with Crippen LogP contribution in [0.25, 0.3) is 0 Å². The number of fused-ring (bicyclic) bond motifs is 1. The second kappa shape index (κ2) is 7.85. The number of aliphatic hydroxyl groups excluding tert-OH is 1. The van der Waals surface area contributed by atoms with Gasteiger partial charge in [0.2, 0.25) is 0 Å². The van der Waals surface area contributed by atoms with Crippen LogP contribution in [0.2, 0.25) is 0 Å². The highest BCUT2D eigenvalue weighted by atomic mass is 16.3. The van der Waals surface area contributed by atoms with Gasteiger partial charge >= 0.3 is 0 Å². The van der Waals surface area contributed by atoms with Crippen LogP contribution in [0, 0.1) is 5.92 Å². The number of hydrogen-bond donors (Lipinski definition) is 3. The SMILES string of the molecule is OC[C@@H]1CCCN(CCNc2ncnc3c2CCNCC3)C1. The van der Waals surface area contributed by atoms with Gasteiger partial charge in [0.1, 0.15) is 12.1 Å². The van der Waals surface area contributed by atoms with E-state index < -0.39 is 0 Å². The van der Waals surface area contributed by atoms with Crippen LogP contribution in [-0.2, 0) is 12.8 Å². The van der Waals surface area contributed by atoms with Crippen LogP contribution in [0.1, 0.15) is 24.1 Å². The molecule has 3 heterocycles. The summed E-state index contributed by atoms with van der Waals surface area (Å²) < 4.78 is 0. The highest BCUT2D eigenvalue weighted by Crippen LogP contribution is 2.18. The van der Waals surface area contributed by atoms with Gasteiger partial charge in [-0.2, -0.15) is 0 Å². The van der Waals surface area contributed by atoms with Gasteiger partial charge in [0, 0.05) is 44.8 Å². The highest BCUT2D eigenvalue weighted by molar-refractivity contribution is 5.46. The first kappa shape index (κ1) is 15.6. The number of rotatable bonds is 5. The van der Waals surface area contributed by atoms with Crippen molar-refractivity contribution in [2.24, 2.45) is 5.92 Å². The van der Waals surface area contributed by atoms with Crippen LogP contribution in [0.4, 0.5) is 5.82 Å². The zero-order valence-electron chi connectivity index (χ0n) is 13.2. The first-order valence-electron chi connectivity index (χ1n) is 8.47. The summed E-state index contributed by atoms with van der Waals surface area (Å²) in [5.74, 6) is 1.46. The molecule has 0 aliphatic carbocycles. The maximum absolute atomic E-state index is 9.31. The number of likely N-dealkylation sites (tertiary alicyclic amines) is 1. The molecule has 6 nitrogen and oxygen atoms in total. The van der Waals surface area contributed by atoms with Crippen molar-refractivity contribution in [3.63, 3.8) is 0 Å². The normalized spacial score (nSPS) is 22.9. The largest absolute Gasteiger partial charge is 0.396 e. The van der Waals surface area contributed by atoms with E-state index in [0.717, 1.165) is 64.3 Å². The molecule has 0 unspecified atom stereocenters. The summed E-state index contributed by atoms with van der Waals surface area (Å²) in [6.45, 7) is 6.38. The molecule has 3 rings (SSSR count). The van der Waals surface area contributed by atoms with E-state index in [1.165, 1.54) is 17.7 Å². The van der Waals surface area contributed by atoms with Crippen LogP contribution < -0.4 is 10.6 Å². The fraction of sp³-hybridized carbons (Fsp3) is 0.750. The van der Waals surface area contributed by atoms with Crippen molar-refractivity contribution >= 4 is 5.82 Å². The molecule has 0 saturated carbocycles. The molecule has 2 aliphatic rings. The fourth-order valence-electron chi connectivity index (χ4n) is 3.46. The standard InChI is InChI=1S/C16H27N5O/c22-11-13-2-1-8-21(10-13)9-7-18-16-14-3-5-17-6-4-15(14)19-12-20-16/h12-13,17,22H,1-11H2,(H,18,19,20)/t13-/m1/s1. The Morgan fingerprint density at radius 3 is 3.14 bits per heavy atom. The summed E-state index contributed by atoms with van der Waals surface area (Å²) in [6.07, 6.45) is 6.01. The first-order valence-corrected chi connectivity index (χ1v) is 8.47. The van der Waals surface area contributed by atoms with Crippen molar-refractivity contribution in [1.82, 2.24) is 20.2 Å². The fourth-order valence-corrected chi connectivity index (χ4v) is 3.46. The summed E-state index contributed by atoms with van der Waals surface area (Å²) in [5, 5.41) is 16.2. The van der Waals surface area contributed by atoms with E-state index in [4.69, 9.17) is 0 Å². The van der Waals surface area contributed by atoms with Gasteiger partial charge in [0.15, 0.2) is 0 Å². The number of aliphatic hydroxyl groups is 1. The van der Waals surface area contributed by atoms with Crippen LogP contribution in [0.15, 0.2) is 6.33 Å². The lowest BCUT2D eigenvalue weighted by atomic mass is 9.99. The van der Waals surface area contributed by atoms with E-state index in [0.29, 0.717) is 12.5 Å². The minimum atomic E-state index is 0.316. The van der Waals surface area contributed by atoms with Gasteiger partial charge in [-0.15, -0.1) is 0 Å². The Bertz CT molecular complexity index is 482. The van der Waals surface area contributed by atoms with Crippen molar-refractivity contribution in [2.45, 2.75) is 25.7 Å². The Balaban J connectivity index is 1.53. The Labute approximate surface area is 132 Å². The third kappa shape index (κ3) is 3.94. The number of hydrogen-bond acceptors (Lipinski definition) is 6. The molecule has 1 aromatic heterocycles. The summed E-state index contributed by atoms with van der Waals surface area (Å²) in [4.78, 5) is 11.3. The van der Waals surface area contributed by atoms with Crippen LogP contribution >= 0.6 is 0 Å². The molecule has 0 bridgehead atoms. The van der Waals surface area contributed by atoms with Gasteiger partial charge in [-0.3, -0.25) is 0 Å². The lowest BCUT2D eigenvalue weighted by molar-refractivity contribution is 0.123. The molecule has 1 saturated heterocycles. The van der Waals surface area contributed by atoms with Gasteiger partial charge in [-0.25, -0.2) is 9.97 Å². The number of piperidine rings is 1. The third-order valence-electron chi connectivity index (χ3n) is 4.71. The molecule has 0 spiro atoms. The predicted molar refractivity (Wildman–Crippen MR) is 87.0 cm³/mol. The summed E-state index contributed by atoms with van der Waals surface area (Å²) >= 11 is 0. The molecule has 2 aliphatic heterocycles. The second-order valence-electron chi connectivity index (χ2n) is 6.32. The van der Waals surface area contributed by atoms with Crippen molar-refractivity contribution in [3.05, 3.63) is 17.6 Å². The molecule has 22 heavy (non-hydrogen) atoms. The average molecular weight is 305 g/mol. The molecule has 0 aromatic carbocycles. The molecule has 6 heteroatoms. The minimum Gasteiger partial charge on any atom is -0.396 e. The van der Waals surface area contributed by atoms with Gasteiger partial charge in [-0.05, 0) is 38.3 Å². The average Bonchev–Trinajstić information content (AvgIpc) is 2.81. The lowest BCUT2D eigenvalue weighted by Gasteiger charge is -2.31. The summed E-state index contributed by atoms with van der Waals surface area (Å²) in [6, 6.07) is 0. The van der Waals surface area contributed by atoms with E-state index in [1.54, 1.807) is 6.33 Å². The van der Waals surface area contributed by atoms with Crippen LogP contribution in [0.5, 0.6) is 0 Å². The van der Waals surface area contributed by atoms with E-state index in [1.807, 2.05) is 0 Å². The molecular formula is C16H27N5O. The Hall–Kier alpha value is -1.24. The summed E-state index contributed by atoms with van der Waals surface area (Å²) in [7, 11) is 0. The Morgan fingerprint density at radius 2 is 2.23 bits per heavy atom. The molecule has 1 fully saturated rings. The van der Waals surface area contributed by atoms with Crippen molar-refractivity contribution in [3.8, 4) is 0 Å². The number of aromatic nitrogens is 2. The van der Waals surface area contributed by atoms with E-state index in [-0.39, 0.29) is 0 Å². The van der Waals surface area contributed by atoms with Crippen LogP contribution in [0.3, 0.4) is 0 Å². The maximum Gasteiger partial charge on any atom is 0.132 e. The molecule has 0 radical (unpaired) electrons. The van der Waals surface area contributed by atoms with E-state index in [2.05, 4.69) is 25.5 Å². The molecule has 0 amide bonds. The van der Waals surface area contributed by atoms with Crippen molar-refractivity contribution < 1.29 is 5.11 Å². The highest BCUT2D eigenvalue weighted by Gasteiger charge is 2.19. The lowest BCUT2D eigenvalue weighted by Crippen LogP contribution is -2.39. The van der Waals surface area contributed by atoms with Gasteiger partial charge in [0.25, 0.3) is 0 Å². The zero-order chi connectivity index (χ0) is 15.2. The monoisotopic (exact) mass is 305 g/mol. The summed E-state index contributed by atoms with van der Waals surface area (Å²) in [5.41, 5.74) is 2.46. The quantitative estimate of drug-likeness (QED) is 0.726. The maximum atomic E-state index is 9.31. The van der Waals surface area contributed by atoms with Gasteiger partial charge < -0.3 is 20.6 Å². The smallest absolute Gasteiger partial charge is 0.132 e. The molecule has 3 N–H and O–H groups in total. The molecule has 1 aromatic rings. The number of nitrogens with zero attached hydrogens (tertiary/aromatic N) is 3. The molecular weight excluding hydrogens is 278 g/mol. The topological polar surface area (TPSA) is 73.3 Å². The van der Waals surface area contributed by atoms with E-state index >= 15 is 0 Å². The van der Waals surface area contributed by atoms with Gasteiger partial charge in [0.05, 0.1) is 5.69 Å². The predicted octanol–water partition coefficient (Wildman–Crippen LogP) is 0.281. The minimum absolute atomic E-state index is 0.316. The van der Waals surface area contributed by atoms with E-state index in [9.17, 15) is 5.11 Å². The Morgan fingerprint density at radius 1 is 1.32 bits per heavy atom. The third-order valence-corrected chi connectivity index (χ3v) is 4.71. The van der Waals surface area contributed by atoms with Crippen LogP contribution in [-0.4, -0.2) is 65.8 Å². The second-order valence-corrected chi connectivity index (χ2v) is 6.32. The number of nitrogens with one attached hydrogen (secondary N) is 2. The number of anilines is 1. The zero-order valence-corrected chi connectivity index (χ0v) is 13.2. The first-order chi connectivity index (χ1) is 10.9. The molecule has 122 valence electrons. The van der Waals surface area contributed by atoms with Crippen molar-refractivity contribution in [1.29, 1.82) is 0 Å². The van der Waals surface area contributed by atoms with Gasteiger partial charge in [-0.1, -0.05) is 0 Å².